The Hall–Kier alpha value is -1.23. The summed E-state index contributed by atoms with van der Waals surface area (Å²) in [6.45, 7) is 1.46. The first-order chi connectivity index (χ1) is 7.51. The first-order valence-corrected chi connectivity index (χ1v) is 4.97. The van der Waals surface area contributed by atoms with Crippen molar-refractivity contribution < 1.29 is 18.3 Å². The third kappa shape index (κ3) is 2.47. The maximum Gasteiger partial charge on any atom is 0.339 e. The molecule has 0 aromatic carbocycles. The van der Waals surface area contributed by atoms with E-state index in [1.165, 1.54) is 20.1 Å². The van der Waals surface area contributed by atoms with Gasteiger partial charge in [-0.15, -0.1) is 11.6 Å². The van der Waals surface area contributed by atoms with E-state index in [2.05, 4.69) is 9.72 Å². The zero-order chi connectivity index (χ0) is 12.3. The summed E-state index contributed by atoms with van der Waals surface area (Å²) in [5.74, 6) is -0.753. The van der Waals surface area contributed by atoms with Gasteiger partial charge in [-0.3, -0.25) is 0 Å². The third-order valence-corrected chi connectivity index (χ3v) is 2.32. The molecule has 0 aliphatic rings. The molecule has 6 heteroatoms. The first kappa shape index (κ1) is 12.8. The van der Waals surface area contributed by atoms with Gasteiger partial charge in [-0.05, 0) is 18.6 Å². The van der Waals surface area contributed by atoms with Crippen molar-refractivity contribution in [1.82, 2.24) is 4.98 Å². The maximum absolute atomic E-state index is 12.5. The molecule has 1 aromatic rings. The van der Waals surface area contributed by atoms with Gasteiger partial charge in [-0.2, -0.15) is 0 Å². The molecule has 0 unspecified atom stereocenters. The lowest BCUT2D eigenvalue weighted by atomic mass is 10.1. The lowest BCUT2D eigenvalue weighted by molar-refractivity contribution is 0.0598. The molecule has 0 N–H and O–H groups in total. The van der Waals surface area contributed by atoms with Crippen molar-refractivity contribution in [2.45, 2.75) is 19.2 Å². The Morgan fingerprint density at radius 2 is 2.25 bits per heavy atom. The molecule has 0 fully saturated rings. The molecule has 0 spiro atoms. The Bertz CT molecular complexity index is 410. The van der Waals surface area contributed by atoms with Crippen molar-refractivity contribution in [3.8, 4) is 0 Å². The number of aromatic nitrogens is 1. The minimum absolute atomic E-state index is 0.106. The van der Waals surface area contributed by atoms with Crippen LogP contribution in [-0.2, 0) is 10.6 Å². The first-order valence-electron chi connectivity index (χ1n) is 4.44. The highest BCUT2D eigenvalue weighted by Crippen LogP contribution is 2.23. The Labute approximate surface area is 96.4 Å². The van der Waals surface area contributed by atoms with Gasteiger partial charge in [0.1, 0.15) is 5.69 Å². The number of nitrogens with zero attached hydrogens (tertiary/aromatic N) is 1. The van der Waals surface area contributed by atoms with Gasteiger partial charge in [0.05, 0.1) is 24.2 Å². The van der Waals surface area contributed by atoms with Crippen LogP contribution in [0.5, 0.6) is 0 Å². The number of carbonyl (C=O) groups excluding carboxylic acids is 1. The van der Waals surface area contributed by atoms with E-state index in [0.717, 1.165) is 0 Å². The lowest BCUT2D eigenvalue weighted by Crippen LogP contribution is -2.10. The summed E-state index contributed by atoms with van der Waals surface area (Å²) < 4.78 is 29.6. The van der Waals surface area contributed by atoms with E-state index in [9.17, 15) is 13.6 Å². The van der Waals surface area contributed by atoms with Crippen LogP contribution in [0.4, 0.5) is 8.78 Å². The van der Waals surface area contributed by atoms with Crippen molar-refractivity contribution in [1.29, 1.82) is 0 Å². The second-order valence-corrected chi connectivity index (χ2v) is 3.38. The van der Waals surface area contributed by atoms with Gasteiger partial charge >= 0.3 is 5.97 Å². The molecule has 1 heterocycles. The predicted octanol–water partition coefficient (Wildman–Crippen LogP) is 2.85. The molecule has 3 nitrogen and oxygen atoms in total. The number of esters is 1. The standard InChI is InChI=1S/C10H10ClF2NO2/c1-5-3-6(10(15)16-2)7(4-11)14-8(5)9(12)13/h3,9H,4H2,1-2H3. The van der Waals surface area contributed by atoms with Crippen molar-refractivity contribution in [3.05, 3.63) is 28.6 Å². The number of alkyl halides is 3. The van der Waals surface area contributed by atoms with Gasteiger partial charge < -0.3 is 4.74 Å². The molecule has 16 heavy (non-hydrogen) atoms. The number of rotatable bonds is 3. The summed E-state index contributed by atoms with van der Waals surface area (Å²) in [5, 5.41) is 0. The predicted molar refractivity (Wildman–Crippen MR) is 54.8 cm³/mol. The minimum atomic E-state index is -2.69. The van der Waals surface area contributed by atoms with Crippen LogP contribution in [-0.4, -0.2) is 18.1 Å². The van der Waals surface area contributed by atoms with Crippen molar-refractivity contribution in [3.63, 3.8) is 0 Å². The maximum atomic E-state index is 12.5. The molecule has 0 aliphatic carbocycles. The Morgan fingerprint density at radius 3 is 2.69 bits per heavy atom. The number of ether oxygens (including phenoxy) is 1. The van der Waals surface area contributed by atoms with Crippen LogP contribution in [0.1, 0.15) is 33.7 Å². The van der Waals surface area contributed by atoms with Crippen LogP contribution < -0.4 is 0 Å². The zero-order valence-electron chi connectivity index (χ0n) is 8.76. The highest BCUT2D eigenvalue weighted by molar-refractivity contribution is 6.17. The topological polar surface area (TPSA) is 39.2 Å². The smallest absolute Gasteiger partial charge is 0.339 e. The van der Waals surface area contributed by atoms with Crippen molar-refractivity contribution >= 4 is 17.6 Å². The van der Waals surface area contributed by atoms with Crippen LogP contribution in [0.15, 0.2) is 6.07 Å². The zero-order valence-corrected chi connectivity index (χ0v) is 9.52. The second-order valence-electron chi connectivity index (χ2n) is 3.11. The van der Waals surface area contributed by atoms with Crippen molar-refractivity contribution in [2.24, 2.45) is 0 Å². The molecule has 88 valence electrons. The van der Waals surface area contributed by atoms with Crippen LogP contribution in [0, 0.1) is 6.92 Å². The second kappa shape index (κ2) is 5.21. The van der Waals surface area contributed by atoms with E-state index in [4.69, 9.17) is 11.6 Å². The number of hydrogen-bond donors (Lipinski definition) is 0. The Morgan fingerprint density at radius 1 is 1.62 bits per heavy atom. The van der Waals surface area contributed by atoms with Crippen molar-refractivity contribution in [2.75, 3.05) is 7.11 Å². The molecule has 0 radical (unpaired) electrons. The number of hydrogen-bond acceptors (Lipinski definition) is 3. The van der Waals surface area contributed by atoms with E-state index in [1.54, 1.807) is 0 Å². The van der Waals surface area contributed by atoms with E-state index in [-0.39, 0.29) is 28.4 Å². The van der Waals surface area contributed by atoms with Gasteiger partial charge in [0, 0.05) is 0 Å². The van der Waals surface area contributed by atoms with Gasteiger partial charge in [0.15, 0.2) is 0 Å². The highest BCUT2D eigenvalue weighted by Gasteiger charge is 2.19. The summed E-state index contributed by atoms with van der Waals surface area (Å²) in [6, 6.07) is 1.32. The van der Waals surface area contributed by atoms with E-state index in [1.807, 2.05) is 0 Å². The third-order valence-electron chi connectivity index (χ3n) is 2.07. The lowest BCUT2D eigenvalue weighted by Gasteiger charge is -2.10. The Balaban J connectivity index is 3.32. The summed E-state index contributed by atoms with van der Waals surface area (Å²) in [7, 11) is 1.21. The number of carbonyl (C=O) groups is 1. The SMILES string of the molecule is COC(=O)c1cc(C)c(C(F)F)nc1CCl. The summed E-state index contributed by atoms with van der Waals surface area (Å²) in [4.78, 5) is 15.0. The Kier molecular flexibility index (Phi) is 4.18. The molecule has 1 aromatic heterocycles. The van der Waals surface area contributed by atoms with E-state index in [0.29, 0.717) is 0 Å². The number of methoxy groups -OCH3 is 1. The molecule has 0 saturated carbocycles. The summed E-state index contributed by atoms with van der Waals surface area (Å²) in [6.07, 6.45) is -2.69. The normalized spacial score (nSPS) is 10.6. The fourth-order valence-corrected chi connectivity index (χ4v) is 1.48. The summed E-state index contributed by atoms with van der Waals surface area (Å²) >= 11 is 5.55. The molecule has 0 saturated heterocycles. The molecule has 0 amide bonds. The molecule has 0 aliphatic heterocycles. The molecule has 0 bridgehead atoms. The highest BCUT2D eigenvalue weighted by atomic mass is 35.5. The minimum Gasteiger partial charge on any atom is -0.465 e. The number of pyridine rings is 1. The van der Waals surface area contributed by atoms with Gasteiger partial charge in [-0.1, -0.05) is 0 Å². The van der Waals surface area contributed by atoms with Crippen LogP contribution >= 0.6 is 11.6 Å². The molecular formula is C10H10ClF2NO2. The fraction of sp³-hybridized carbons (Fsp3) is 0.400. The molecular weight excluding hydrogens is 240 g/mol. The summed E-state index contributed by atoms with van der Waals surface area (Å²) in [5.41, 5.74) is 0.112. The van der Waals surface area contributed by atoms with Gasteiger partial charge in [0.25, 0.3) is 6.43 Å². The van der Waals surface area contributed by atoms with Crippen LogP contribution in [0.3, 0.4) is 0 Å². The quantitative estimate of drug-likeness (QED) is 0.611. The largest absolute Gasteiger partial charge is 0.465 e. The fourth-order valence-electron chi connectivity index (χ4n) is 1.28. The van der Waals surface area contributed by atoms with Gasteiger partial charge in [-0.25, -0.2) is 18.6 Å². The number of halogens is 3. The van der Waals surface area contributed by atoms with E-state index < -0.39 is 12.4 Å². The van der Waals surface area contributed by atoms with E-state index >= 15 is 0 Å². The monoisotopic (exact) mass is 249 g/mol. The average Bonchev–Trinajstić information content (AvgIpc) is 2.27. The van der Waals surface area contributed by atoms with Gasteiger partial charge in [0.2, 0.25) is 0 Å². The molecule has 1 rings (SSSR count). The van der Waals surface area contributed by atoms with Crippen LogP contribution in [0.2, 0.25) is 0 Å². The average molecular weight is 250 g/mol. The molecule has 0 atom stereocenters. The van der Waals surface area contributed by atoms with Crippen LogP contribution in [0.25, 0.3) is 0 Å². The number of aryl methyl sites for hydroxylation is 1.